The molecule has 15 heavy (non-hydrogen) atoms. The summed E-state index contributed by atoms with van der Waals surface area (Å²) in [4.78, 5) is 14.6. The van der Waals surface area contributed by atoms with Gasteiger partial charge in [0.15, 0.2) is 0 Å². The van der Waals surface area contributed by atoms with Crippen LogP contribution in [0.1, 0.15) is 24.2 Å². The topological polar surface area (TPSA) is 93.8 Å². The number of carbonyl (C=O) groups excluding carboxylic acids is 1. The van der Waals surface area contributed by atoms with Crippen molar-refractivity contribution in [3.05, 3.63) is 11.4 Å². The lowest BCUT2D eigenvalue weighted by Gasteiger charge is -2.04. The third-order valence-corrected chi connectivity index (χ3v) is 1.98. The molecule has 0 aromatic carbocycles. The summed E-state index contributed by atoms with van der Waals surface area (Å²) in [5.74, 6) is 0.193. The second kappa shape index (κ2) is 5.23. The van der Waals surface area contributed by atoms with E-state index < -0.39 is 0 Å². The van der Waals surface area contributed by atoms with Gasteiger partial charge in [-0.05, 0) is 20.3 Å². The predicted molar refractivity (Wildman–Crippen MR) is 56.2 cm³/mol. The van der Waals surface area contributed by atoms with Crippen LogP contribution in [0.15, 0.2) is 0 Å². The number of hydrogen-bond donors (Lipinski definition) is 2. The number of nitrogens with zero attached hydrogens (tertiary/aromatic N) is 3. The number of rotatable bonds is 5. The molecule has 0 saturated carbocycles. The van der Waals surface area contributed by atoms with Crippen molar-refractivity contribution >= 4 is 11.9 Å². The molecular weight excluding hydrogens is 194 g/mol. The molecule has 0 radical (unpaired) electrons. The van der Waals surface area contributed by atoms with Crippen LogP contribution in [-0.4, -0.2) is 27.6 Å². The quantitative estimate of drug-likeness (QED) is 0.674. The Labute approximate surface area is 88.3 Å². The highest BCUT2D eigenvalue weighted by Crippen LogP contribution is 2.01. The van der Waals surface area contributed by atoms with E-state index in [1.54, 1.807) is 0 Å². The third-order valence-electron chi connectivity index (χ3n) is 1.98. The zero-order chi connectivity index (χ0) is 11.3. The number of primary amides is 1. The van der Waals surface area contributed by atoms with Crippen molar-refractivity contribution in [2.75, 3.05) is 11.9 Å². The molecule has 1 aromatic rings. The van der Waals surface area contributed by atoms with Crippen molar-refractivity contribution in [2.24, 2.45) is 5.73 Å². The molecule has 1 heterocycles. The molecule has 0 atom stereocenters. The van der Waals surface area contributed by atoms with Gasteiger partial charge < -0.3 is 11.1 Å². The van der Waals surface area contributed by atoms with Crippen molar-refractivity contribution in [3.8, 4) is 0 Å². The first-order chi connectivity index (χ1) is 7.09. The molecule has 82 valence electrons. The summed E-state index contributed by atoms with van der Waals surface area (Å²) in [5, 5.41) is 10.8. The average molecular weight is 209 g/mol. The minimum absolute atomic E-state index is 0.295. The fraction of sp³-hybridized carbons (Fsp3) is 0.556. The van der Waals surface area contributed by atoms with Crippen LogP contribution in [0.2, 0.25) is 0 Å². The van der Waals surface area contributed by atoms with Crippen LogP contribution < -0.4 is 11.1 Å². The Balaban J connectivity index is 2.38. The molecule has 1 rings (SSSR count). The van der Waals surface area contributed by atoms with E-state index in [1.165, 1.54) is 0 Å². The van der Waals surface area contributed by atoms with Gasteiger partial charge in [0.25, 0.3) is 0 Å². The van der Waals surface area contributed by atoms with Crippen molar-refractivity contribution in [1.29, 1.82) is 0 Å². The minimum Gasteiger partial charge on any atom is -0.370 e. The highest BCUT2D eigenvalue weighted by atomic mass is 16.1. The largest absolute Gasteiger partial charge is 0.370 e. The van der Waals surface area contributed by atoms with Gasteiger partial charge in [0, 0.05) is 13.0 Å². The van der Waals surface area contributed by atoms with Gasteiger partial charge >= 0.3 is 0 Å². The minimum atomic E-state index is -0.295. The number of amides is 1. The first-order valence-corrected chi connectivity index (χ1v) is 4.79. The van der Waals surface area contributed by atoms with Gasteiger partial charge in [0.1, 0.15) is 0 Å². The lowest BCUT2D eigenvalue weighted by molar-refractivity contribution is -0.118. The summed E-state index contributed by atoms with van der Waals surface area (Å²) in [7, 11) is 0. The number of hydrogen-bond acceptors (Lipinski definition) is 5. The van der Waals surface area contributed by atoms with Crippen LogP contribution in [0, 0.1) is 13.8 Å². The summed E-state index contributed by atoms with van der Waals surface area (Å²) in [5.41, 5.74) is 6.67. The van der Waals surface area contributed by atoms with E-state index in [0.717, 1.165) is 11.4 Å². The highest BCUT2D eigenvalue weighted by Gasteiger charge is 2.00. The summed E-state index contributed by atoms with van der Waals surface area (Å²) in [6.45, 7) is 4.35. The Bertz CT molecular complexity index is 352. The van der Waals surface area contributed by atoms with Crippen LogP contribution in [0.5, 0.6) is 0 Å². The molecule has 0 aliphatic heterocycles. The highest BCUT2D eigenvalue weighted by molar-refractivity contribution is 5.73. The monoisotopic (exact) mass is 209 g/mol. The summed E-state index contributed by atoms with van der Waals surface area (Å²) < 4.78 is 0. The predicted octanol–water partition coefficient (Wildman–Crippen LogP) is 0.166. The Morgan fingerprint density at radius 3 is 2.67 bits per heavy atom. The molecule has 0 unspecified atom stereocenters. The van der Waals surface area contributed by atoms with Crippen molar-refractivity contribution < 1.29 is 4.79 Å². The van der Waals surface area contributed by atoms with Crippen LogP contribution in [-0.2, 0) is 4.79 Å². The normalized spacial score (nSPS) is 10.0. The first-order valence-electron chi connectivity index (χ1n) is 4.79. The standard InChI is InChI=1S/C9H15N5O/c1-6-7(2)13-14-9(12-6)11-5-3-4-8(10)15/h3-5H2,1-2H3,(H2,10,15)(H,11,12,14). The molecule has 6 nitrogen and oxygen atoms in total. The zero-order valence-corrected chi connectivity index (χ0v) is 8.95. The molecule has 0 spiro atoms. The third kappa shape index (κ3) is 3.88. The van der Waals surface area contributed by atoms with E-state index in [4.69, 9.17) is 5.73 Å². The number of carbonyl (C=O) groups is 1. The van der Waals surface area contributed by atoms with E-state index in [1.807, 2.05) is 13.8 Å². The smallest absolute Gasteiger partial charge is 0.242 e. The van der Waals surface area contributed by atoms with Crippen molar-refractivity contribution in [2.45, 2.75) is 26.7 Å². The maximum absolute atomic E-state index is 10.5. The number of nitrogens with two attached hydrogens (primary N) is 1. The van der Waals surface area contributed by atoms with Crippen LogP contribution in [0.4, 0.5) is 5.95 Å². The molecule has 0 fully saturated rings. The average Bonchev–Trinajstić information content (AvgIpc) is 2.18. The maximum atomic E-state index is 10.5. The van der Waals surface area contributed by atoms with Crippen LogP contribution >= 0.6 is 0 Å². The fourth-order valence-electron chi connectivity index (χ4n) is 0.995. The van der Waals surface area contributed by atoms with Gasteiger partial charge in [0.2, 0.25) is 11.9 Å². The number of nitrogens with one attached hydrogen (secondary N) is 1. The summed E-state index contributed by atoms with van der Waals surface area (Å²) in [6.07, 6.45) is 1.04. The molecule has 1 amide bonds. The lowest BCUT2D eigenvalue weighted by atomic mass is 10.3. The maximum Gasteiger partial charge on any atom is 0.242 e. The Kier molecular flexibility index (Phi) is 3.96. The van der Waals surface area contributed by atoms with Gasteiger partial charge in [-0.25, -0.2) is 4.98 Å². The number of aryl methyl sites for hydroxylation is 2. The second-order valence-corrected chi connectivity index (χ2v) is 3.30. The van der Waals surface area contributed by atoms with E-state index in [-0.39, 0.29) is 5.91 Å². The fourth-order valence-corrected chi connectivity index (χ4v) is 0.995. The molecular formula is C9H15N5O. The molecule has 1 aromatic heterocycles. The van der Waals surface area contributed by atoms with E-state index >= 15 is 0 Å². The van der Waals surface area contributed by atoms with Gasteiger partial charge in [0.05, 0.1) is 11.4 Å². The van der Waals surface area contributed by atoms with Crippen molar-refractivity contribution in [3.63, 3.8) is 0 Å². The molecule has 0 aliphatic carbocycles. The Hall–Kier alpha value is -1.72. The summed E-state index contributed by atoms with van der Waals surface area (Å²) in [6, 6.07) is 0. The molecule has 0 aliphatic rings. The van der Waals surface area contributed by atoms with E-state index in [9.17, 15) is 4.79 Å². The van der Waals surface area contributed by atoms with Crippen LogP contribution in [0.25, 0.3) is 0 Å². The molecule has 3 N–H and O–H groups in total. The van der Waals surface area contributed by atoms with Crippen molar-refractivity contribution in [1.82, 2.24) is 15.2 Å². The first kappa shape index (κ1) is 11.4. The Morgan fingerprint density at radius 1 is 1.33 bits per heavy atom. The molecule has 0 bridgehead atoms. The molecule has 6 heteroatoms. The number of aromatic nitrogens is 3. The molecule has 0 saturated heterocycles. The number of anilines is 1. The SMILES string of the molecule is Cc1nnc(NCCCC(N)=O)nc1C. The van der Waals surface area contributed by atoms with Crippen LogP contribution in [0.3, 0.4) is 0 Å². The van der Waals surface area contributed by atoms with Gasteiger partial charge in [-0.1, -0.05) is 0 Å². The second-order valence-electron chi connectivity index (χ2n) is 3.30. The Morgan fingerprint density at radius 2 is 2.07 bits per heavy atom. The van der Waals surface area contributed by atoms with Gasteiger partial charge in [-0.3, -0.25) is 4.79 Å². The van der Waals surface area contributed by atoms with Gasteiger partial charge in [-0.15, -0.1) is 5.10 Å². The van der Waals surface area contributed by atoms with E-state index in [0.29, 0.717) is 25.3 Å². The van der Waals surface area contributed by atoms with Gasteiger partial charge in [-0.2, -0.15) is 5.10 Å². The van der Waals surface area contributed by atoms with E-state index in [2.05, 4.69) is 20.5 Å². The summed E-state index contributed by atoms with van der Waals surface area (Å²) >= 11 is 0. The zero-order valence-electron chi connectivity index (χ0n) is 8.95. The lowest BCUT2D eigenvalue weighted by Crippen LogP contribution is -2.14.